The highest BCUT2D eigenvalue weighted by Crippen LogP contribution is 2.21. The molecule has 1 amide bonds. The highest BCUT2D eigenvalue weighted by molar-refractivity contribution is 5.94. The van der Waals surface area contributed by atoms with Crippen molar-refractivity contribution in [2.45, 2.75) is 38.8 Å². The van der Waals surface area contributed by atoms with Crippen molar-refractivity contribution in [3.05, 3.63) is 48.4 Å². The Labute approximate surface area is 152 Å². The van der Waals surface area contributed by atoms with Gasteiger partial charge in [0, 0.05) is 12.1 Å². The van der Waals surface area contributed by atoms with E-state index in [2.05, 4.69) is 35.0 Å². The van der Waals surface area contributed by atoms with E-state index in [1.807, 2.05) is 0 Å². The van der Waals surface area contributed by atoms with Crippen LogP contribution in [-0.2, 0) is 4.79 Å². The van der Waals surface area contributed by atoms with Gasteiger partial charge in [-0.1, -0.05) is 13.8 Å². The molecule has 1 aliphatic heterocycles. The Kier molecular flexibility index (Phi) is 5.80. The van der Waals surface area contributed by atoms with Crippen LogP contribution in [0.2, 0.25) is 0 Å². The number of carbonyl (C=O) groups excluding carboxylic acids is 1. The van der Waals surface area contributed by atoms with Gasteiger partial charge in [-0.15, -0.1) is 0 Å². The van der Waals surface area contributed by atoms with E-state index < -0.39 is 0 Å². The van der Waals surface area contributed by atoms with Gasteiger partial charge >= 0.3 is 0 Å². The van der Waals surface area contributed by atoms with Crippen molar-refractivity contribution in [1.82, 2.24) is 15.8 Å². The lowest BCUT2D eigenvalue weighted by atomic mass is 10.00. The van der Waals surface area contributed by atoms with Crippen LogP contribution in [0, 0.1) is 11.7 Å². The van der Waals surface area contributed by atoms with Crippen molar-refractivity contribution in [2.75, 3.05) is 5.32 Å². The Bertz CT molecular complexity index is 734. The zero-order valence-corrected chi connectivity index (χ0v) is 14.8. The number of hydrogen-bond donors (Lipinski definition) is 3. The fraction of sp³-hybridized carbons (Fsp3) is 0.368. The van der Waals surface area contributed by atoms with Crippen LogP contribution in [0.4, 0.5) is 10.1 Å². The first kappa shape index (κ1) is 18.3. The lowest BCUT2D eigenvalue weighted by Gasteiger charge is -2.12. The number of rotatable bonds is 6. The van der Waals surface area contributed by atoms with E-state index in [-0.39, 0.29) is 17.8 Å². The Morgan fingerprint density at radius 1 is 1.27 bits per heavy atom. The lowest BCUT2D eigenvalue weighted by molar-refractivity contribution is -0.117. The molecule has 1 aromatic carbocycles. The van der Waals surface area contributed by atoms with Crippen LogP contribution in [0.15, 0.2) is 42.6 Å². The molecule has 0 bridgehead atoms. The molecule has 3 N–H and O–H groups in total. The molecule has 2 aromatic rings. The monoisotopic (exact) mass is 358 g/mol. The topological polar surface area (TPSA) is 75.3 Å². The number of anilines is 1. The first-order valence-electron chi connectivity index (χ1n) is 8.71. The van der Waals surface area contributed by atoms with Gasteiger partial charge in [0.25, 0.3) is 0 Å². The third-order valence-electron chi connectivity index (χ3n) is 4.09. The highest BCUT2D eigenvalue weighted by atomic mass is 19.1. The summed E-state index contributed by atoms with van der Waals surface area (Å²) in [5.74, 6) is 1.01. The second kappa shape index (κ2) is 8.25. The van der Waals surface area contributed by atoms with Gasteiger partial charge < -0.3 is 10.1 Å². The predicted molar refractivity (Wildman–Crippen MR) is 97.3 cm³/mol. The number of benzene rings is 1. The summed E-state index contributed by atoms with van der Waals surface area (Å²) in [6, 6.07) is 9.10. The van der Waals surface area contributed by atoms with Gasteiger partial charge in [0.05, 0.1) is 11.9 Å². The van der Waals surface area contributed by atoms with Crippen molar-refractivity contribution in [3.8, 4) is 11.6 Å². The Morgan fingerprint density at radius 3 is 2.69 bits per heavy atom. The lowest BCUT2D eigenvalue weighted by Crippen LogP contribution is -2.40. The fourth-order valence-electron chi connectivity index (χ4n) is 2.88. The van der Waals surface area contributed by atoms with Crippen molar-refractivity contribution >= 4 is 11.6 Å². The fourth-order valence-corrected chi connectivity index (χ4v) is 2.88. The van der Waals surface area contributed by atoms with Gasteiger partial charge in [0.1, 0.15) is 17.6 Å². The number of hydrogen-bond acceptors (Lipinski definition) is 5. The van der Waals surface area contributed by atoms with Gasteiger partial charge in [-0.2, -0.15) is 0 Å². The molecule has 26 heavy (non-hydrogen) atoms. The van der Waals surface area contributed by atoms with Crippen LogP contribution in [0.25, 0.3) is 0 Å². The minimum absolute atomic E-state index is 0.0993. The number of hydrazine groups is 1. The summed E-state index contributed by atoms with van der Waals surface area (Å²) in [4.78, 5) is 16.5. The van der Waals surface area contributed by atoms with Crippen molar-refractivity contribution in [2.24, 2.45) is 5.92 Å². The van der Waals surface area contributed by atoms with Crippen LogP contribution >= 0.6 is 0 Å². The number of nitrogens with one attached hydrogen (secondary N) is 3. The molecular weight excluding hydrogens is 335 g/mol. The molecule has 2 heterocycles. The average Bonchev–Trinajstić information content (AvgIpc) is 3.06. The number of nitrogens with zero attached hydrogens (tertiary/aromatic N) is 1. The third kappa shape index (κ3) is 5.00. The summed E-state index contributed by atoms with van der Waals surface area (Å²) in [7, 11) is 0. The molecule has 3 rings (SSSR count). The van der Waals surface area contributed by atoms with Crippen molar-refractivity contribution in [3.63, 3.8) is 0 Å². The molecule has 0 saturated carbocycles. The third-order valence-corrected chi connectivity index (χ3v) is 4.09. The maximum atomic E-state index is 12.9. The zero-order chi connectivity index (χ0) is 18.5. The smallest absolute Gasteiger partial charge is 0.242 e. The first-order valence-corrected chi connectivity index (χ1v) is 8.71. The first-order chi connectivity index (χ1) is 12.5. The van der Waals surface area contributed by atoms with Gasteiger partial charge in [-0.25, -0.2) is 14.8 Å². The molecule has 138 valence electrons. The van der Waals surface area contributed by atoms with Gasteiger partial charge in [0.15, 0.2) is 0 Å². The highest BCUT2D eigenvalue weighted by Gasteiger charge is 2.29. The zero-order valence-electron chi connectivity index (χ0n) is 14.8. The minimum atomic E-state index is -0.325. The molecule has 6 nitrogen and oxygen atoms in total. The molecule has 1 saturated heterocycles. The second-order valence-electron chi connectivity index (χ2n) is 6.83. The summed E-state index contributed by atoms with van der Waals surface area (Å²) in [6.45, 7) is 4.33. The van der Waals surface area contributed by atoms with E-state index in [0.717, 1.165) is 12.8 Å². The number of carbonyl (C=O) groups is 1. The number of amides is 1. The molecule has 1 aliphatic rings. The largest absolute Gasteiger partial charge is 0.439 e. The van der Waals surface area contributed by atoms with Crippen LogP contribution in [-0.4, -0.2) is 23.0 Å². The molecule has 2 unspecified atom stereocenters. The maximum absolute atomic E-state index is 12.9. The summed E-state index contributed by atoms with van der Waals surface area (Å²) >= 11 is 0. The summed E-state index contributed by atoms with van der Waals surface area (Å²) in [5, 5.41) is 2.85. The molecular formula is C19H23FN4O2. The molecule has 0 radical (unpaired) electrons. The quantitative estimate of drug-likeness (QED) is 0.739. The van der Waals surface area contributed by atoms with Crippen LogP contribution in [0.1, 0.15) is 26.7 Å². The van der Waals surface area contributed by atoms with E-state index in [4.69, 9.17) is 4.74 Å². The van der Waals surface area contributed by atoms with E-state index in [1.54, 1.807) is 12.1 Å². The maximum Gasteiger partial charge on any atom is 0.242 e. The standard InChI is InChI=1S/C19H23FN4O2/c1-12(2)9-15-10-17(24-23-15)19(25)22-14-5-8-18(21-11-14)26-16-6-3-13(20)4-7-16/h3-8,11-12,15,17,23-24H,9-10H2,1-2H3,(H,22,25). The van der Waals surface area contributed by atoms with Crippen LogP contribution in [0.3, 0.4) is 0 Å². The molecule has 0 spiro atoms. The van der Waals surface area contributed by atoms with Gasteiger partial charge in [-0.05, 0) is 49.1 Å². The Hall–Kier alpha value is -2.51. The molecule has 1 aromatic heterocycles. The summed E-state index contributed by atoms with van der Waals surface area (Å²) in [6.07, 6.45) is 3.31. The number of pyridine rings is 1. The summed E-state index contributed by atoms with van der Waals surface area (Å²) < 4.78 is 18.4. The average molecular weight is 358 g/mol. The van der Waals surface area contributed by atoms with Crippen molar-refractivity contribution < 1.29 is 13.9 Å². The normalized spacial score (nSPS) is 19.5. The molecule has 7 heteroatoms. The number of halogens is 1. The molecule has 0 aliphatic carbocycles. The van der Waals surface area contributed by atoms with Crippen molar-refractivity contribution in [1.29, 1.82) is 0 Å². The van der Waals surface area contributed by atoms with E-state index in [9.17, 15) is 9.18 Å². The van der Waals surface area contributed by atoms with Crippen LogP contribution < -0.4 is 20.9 Å². The molecule has 1 fully saturated rings. The second-order valence-corrected chi connectivity index (χ2v) is 6.83. The number of aromatic nitrogens is 1. The minimum Gasteiger partial charge on any atom is -0.439 e. The summed E-state index contributed by atoms with van der Waals surface area (Å²) in [5.41, 5.74) is 6.81. The van der Waals surface area contributed by atoms with Crippen LogP contribution in [0.5, 0.6) is 11.6 Å². The van der Waals surface area contributed by atoms with E-state index >= 15 is 0 Å². The number of ether oxygens (including phenoxy) is 1. The Morgan fingerprint density at radius 2 is 2.04 bits per heavy atom. The Balaban J connectivity index is 1.52. The van der Waals surface area contributed by atoms with Gasteiger partial charge in [0.2, 0.25) is 11.8 Å². The molecule has 2 atom stereocenters. The van der Waals surface area contributed by atoms with Gasteiger partial charge in [-0.3, -0.25) is 10.2 Å². The predicted octanol–water partition coefficient (Wildman–Crippen LogP) is 3.23. The van der Waals surface area contributed by atoms with E-state index in [1.165, 1.54) is 30.5 Å². The van der Waals surface area contributed by atoms with E-state index in [0.29, 0.717) is 29.3 Å². The SMILES string of the molecule is CC(C)CC1CC(C(=O)Nc2ccc(Oc3ccc(F)cc3)nc2)NN1.